The highest BCUT2D eigenvalue weighted by atomic mass is 19.1. The Bertz CT molecular complexity index is 709. The van der Waals surface area contributed by atoms with Crippen LogP contribution in [0.25, 0.3) is 6.08 Å². The van der Waals surface area contributed by atoms with Crippen molar-refractivity contribution in [3.63, 3.8) is 0 Å². The van der Waals surface area contributed by atoms with Crippen LogP contribution in [0.3, 0.4) is 0 Å². The molecule has 1 aromatic heterocycles. The zero-order valence-corrected chi connectivity index (χ0v) is 11.6. The van der Waals surface area contributed by atoms with E-state index in [0.29, 0.717) is 6.54 Å². The molecule has 0 spiro atoms. The lowest BCUT2D eigenvalue weighted by molar-refractivity contribution is -0.123. The van der Waals surface area contributed by atoms with Gasteiger partial charge < -0.3 is 9.88 Å². The van der Waals surface area contributed by atoms with Crippen LogP contribution in [0.4, 0.5) is 8.78 Å². The second-order valence-electron chi connectivity index (χ2n) is 5.34. The second kappa shape index (κ2) is 5.38. The highest BCUT2D eigenvalue weighted by molar-refractivity contribution is 5.90. The molecule has 3 rings (SSSR count). The van der Waals surface area contributed by atoms with Gasteiger partial charge in [0.05, 0.1) is 18.5 Å². The monoisotopic (exact) mass is 294 g/mol. The van der Waals surface area contributed by atoms with Crippen LogP contribution in [-0.2, 0) is 11.8 Å². The van der Waals surface area contributed by atoms with E-state index in [0.717, 1.165) is 10.7 Å². The molecule has 5 nitrogen and oxygen atoms in total. The average molecular weight is 294 g/mol. The first-order chi connectivity index (χ1) is 10.0. The molecule has 112 valence electrons. The number of amides is 1. The van der Waals surface area contributed by atoms with Crippen molar-refractivity contribution in [2.24, 2.45) is 23.0 Å². The maximum Gasteiger partial charge on any atom is 0.229 e. The first kappa shape index (κ1) is 13.9. The van der Waals surface area contributed by atoms with Gasteiger partial charge in [0.2, 0.25) is 11.9 Å². The van der Waals surface area contributed by atoms with E-state index in [4.69, 9.17) is 0 Å². The zero-order valence-electron chi connectivity index (χ0n) is 11.6. The Labute approximate surface area is 120 Å². The summed E-state index contributed by atoms with van der Waals surface area (Å²) in [5.74, 6) is -1.58. The third-order valence-electron chi connectivity index (χ3n) is 3.79. The average Bonchev–Trinajstić information content (AvgIpc) is 2.83. The van der Waals surface area contributed by atoms with Gasteiger partial charge in [-0.05, 0) is 12.5 Å². The van der Waals surface area contributed by atoms with Gasteiger partial charge >= 0.3 is 0 Å². The number of fused-ring (bicyclic) bond motifs is 1. The van der Waals surface area contributed by atoms with Gasteiger partial charge in [-0.25, -0.2) is 9.38 Å². The van der Waals surface area contributed by atoms with Crippen LogP contribution in [0.15, 0.2) is 22.2 Å². The number of aryl methyl sites for hydroxylation is 1. The third-order valence-corrected chi connectivity index (χ3v) is 3.79. The van der Waals surface area contributed by atoms with E-state index in [9.17, 15) is 13.6 Å². The minimum atomic E-state index is -1.50. The van der Waals surface area contributed by atoms with E-state index >= 15 is 0 Å². The number of nitrogens with zero attached hydrogens (tertiary/aromatic N) is 3. The molecule has 0 fully saturated rings. The van der Waals surface area contributed by atoms with Crippen molar-refractivity contribution in [3.8, 4) is 0 Å². The highest BCUT2D eigenvalue weighted by Crippen LogP contribution is 2.16. The molecule has 0 aromatic carbocycles. The summed E-state index contributed by atoms with van der Waals surface area (Å²) in [6.45, 7) is 0.327. The third kappa shape index (κ3) is 2.72. The smallest absolute Gasteiger partial charge is 0.229 e. The molecule has 0 bridgehead atoms. The van der Waals surface area contributed by atoms with Gasteiger partial charge in [0.1, 0.15) is 5.49 Å². The van der Waals surface area contributed by atoms with Crippen molar-refractivity contribution in [2.75, 3.05) is 6.54 Å². The number of hydrogen-bond donors (Lipinski definition) is 1. The zero-order chi connectivity index (χ0) is 15.0. The van der Waals surface area contributed by atoms with Gasteiger partial charge in [-0.2, -0.15) is 4.39 Å². The van der Waals surface area contributed by atoms with Gasteiger partial charge in [0.15, 0.2) is 6.30 Å². The quantitative estimate of drug-likeness (QED) is 0.767. The Balaban J connectivity index is 1.73. The summed E-state index contributed by atoms with van der Waals surface area (Å²) in [5.41, 5.74) is 0.838. The number of nitrogens with one attached hydrogen (secondary N) is 1. The Hall–Kier alpha value is -2.05. The number of aliphatic imine (C=N–C) groups is 1. The SMILES string of the molecule is Cn1ccc2c1=NCC(C(=O)NC1CCC(F)N=C1F)C=2. The molecular formula is C14H16F2N4O. The molecule has 21 heavy (non-hydrogen) atoms. The number of carbonyl (C=O) groups is 1. The summed E-state index contributed by atoms with van der Waals surface area (Å²) in [4.78, 5) is 19.8. The Morgan fingerprint density at radius 1 is 1.48 bits per heavy atom. The molecule has 2 aliphatic heterocycles. The van der Waals surface area contributed by atoms with Gasteiger partial charge in [-0.15, -0.1) is 0 Å². The fraction of sp³-hybridized carbons (Fsp3) is 0.500. The summed E-state index contributed by atoms with van der Waals surface area (Å²) in [5, 5.41) is 3.48. The summed E-state index contributed by atoms with van der Waals surface area (Å²) >= 11 is 0. The van der Waals surface area contributed by atoms with Crippen molar-refractivity contribution in [1.82, 2.24) is 9.88 Å². The Morgan fingerprint density at radius 2 is 2.29 bits per heavy atom. The second-order valence-corrected chi connectivity index (χ2v) is 5.34. The van der Waals surface area contributed by atoms with E-state index in [1.165, 1.54) is 0 Å². The predicted octanol–water partition coefficient (Wildman–Crippen LogP) is -0.00280. The molecular weight excluding hydrogens is 278 g/mol. The molecule has 0 aliphatic carbocycles. The summed E-state index contributed by atoms with van der Waals surface area (Å²) in [6.07, 6.45) is 2.55. The number of aromatic nitrogens is 1. The Morgan fingerprint density at radius 3 is 3.05 bits per heavy atom. The minimum absolute atomic E-state index is 0.125. The van der Waals surface area contributed by atoms with Gasteiger partial charge in [0, 0.05) is 24.9 Å². The largest absolute Gasteiger partial charge is 0.345 e. The Kier molecular flexibility index (Phi) is 3.57. The molecule has 3 heterocycles. The summed E-state index contributed by atoms with van der Waals surface area (Å²) in [7, 11) is 1.89. The van der Waals surface area contributed by atoms with Crippen LogP contribution in [0, 0.1) is 5.92 Å². The van der Waals surface area contributed by atoms with Crippen LogP contribution in [0.1, 0.15) is 12.8 Å². The molecule has 3 unspecified atom stereocenters. The van der Waals surface area contributed by atoms with E-state index in [1.807, 2.05) is 30.0 Å². The summed E-state index contributed by atoms with van der Waals surface area (Å²) < 4.78 is 28.3. The first-order valence-electron chi connectivity index (χ1n) is 6.90. The molecule has 3 atom stereocenters. The number of alkyl halides is 1. The fourth-order valence-corrected chi connectivity index (χ4v) is 2.61. The number of halogens is 2. The molecule has 0 radical (unpaired) electrons. The van der Waals surface area contributed by atoms with Crippen LogP contribution < -0.4 is 16.0 Å². The van der Waals surface area contributed by atoms with Crippen molar-refractivity contribution >= 4 is 17.9 Å². The maximum absolute atomic E-state index is 13.5. The molecule has 0 saturated heterocycles. The van der Waals surface area contributed by atoms with E-state index < -0.39 is 24.2 Å². The van der Waals surface area contributed by atoms with Crippen molar-refractivity contribution in [3.05, 3.63) is 23.0 Å². The van der Waals surface area contributed by atoms with Crippen molar-refractivity contribution in [2.45, 2.75) is 25.2 Å². The lowest BCUT2D eigenvalue weighted by Gasteiger charge is -2.23. The minimum Gasteiger partial charge on any atom is -0.345 e. The molecule has 1 aromatic rings. The number of hydrogen-bond acceptors (Lipinski definition) is 3. The van der Waals surface area contributed by atoms with Gasteiger partial charge in [0.25, 0.3) is 0 Å². The molecule has 7 heteroatoms. The fourth-order valence-electron chi connectivity index (χ4n) is 2.61. The number of carbonyl (C=O) groups excluding carboxylic acids is 1. The summed E-state index contributed by atoms with van der Waals surface area (Å²) in [6, 6.07) is 1.06. The van der Waals surface area contributed by atoms with E-state index in [1.54, 1.807) is 0 Å². The first-order valence-corrected chi connectivity index (χ1v) is 6.90. The van der Waals surface area contributed by atoms with Crippen LogP contribution in [0.2, 0.25) is 0 Å². The highest BCUT2D eigenvalue weighted by Gasteiger charge is 2.28. The lowest BCUT2D eigenvalue weighted by Crippen LogP contribution is -2.46. The van der Waals surface area contributed by atoms with Crippen molar-refractivity contribution < 1.29 is 13.6 Å². The van der Waals surface area contributed by atoms with Gasteiger partial charge in [-0.3, -0.25) is 9.79 Å². The van der Waals surface area contributed by atoms with Crippen LogP contribution in [0.5, 0.6) is 0 Å². The lowest BCUT2D eigenvalue weighted by atomic mass is 10.0. The molecule has 1 amide bonds. The molecule has 0 saturated carbocycles. The maximum atomic E-state index is 13.5. The standard InChI is InChI=1S/C14H16F2N4O/c1-20-5-4-8-6-9(7-17-13(8)20)14(21)18-10-2-3-11(15)19-12(10)16/h4-6,9-11H,2-3,7H2,1H3,(H,18,21). The molecule has 1 N–H and O–H groups in total. The van der Waals surface area contributed by atoms with Crippen LogP contribution >= 0.6 is 0 Å². The van der Waals surface area contributed by atoms with Gasteiger partial charge in [-0.1, -0.05) is 6.08 Å². The van der Waals surface area contributed by atoms with E-state index in [2.05, 4.69) is 15.3 Å². The van der Waals surface area contributed by atoms with Crippen molar-refractivity contribution in [1.29, 1.82) is 0 Å². The van der Waals surface area contributed by atoms with Crippen LogP contribution in [-0.4, -0.2) is 35.3 Å². The van der Waals surface area contributed by atoms with E-state index in [-0.39, 0.29) is 18.7 Å². The molecule has 2 aliphatic rings. The predicted molar refractivity (Wildman–Crippen MR) is 73.6 cm³/mol. The number of rotatable bonds is 2. The normalized spacial score (nSPS) is 28.0. The topological polar surface area (TPSA) is 58.8 Å².